The lowest BCUT2D eigenvalue weighted by molar-refractivity contribution is -0.132. The Morgan fingerprint density at radius 2 is 2.00 bits per heavy atom. The topological polar surface area (TPSA) is 132 Å². The van der Waals surface area contributed by atoms with Gasteiger partial charge in [-0.25, -0.2) is 5.53 Å². The van der Waals surface area contributed by atoms with E-state index in [2.05, 4.69) is 10.4 Å². The second-order valence-corrected chi connectivity index (χ2v) is 7.15. The maximum absolute atomic E-state index is 12.3. The van der Waals surface area contributed by atoms with E-state index >= 15 is 0 Å². The summed E-state index contributed by atoms with van der Waals surface area (Å²) in [5.74, 6) is 0.0845. The van der Waals surface area contributed by atoms with Crippen molar-refractivity contribution >= 4 is 20.1 Å². The van der Waals surface area contributed by atoms with Crippen LogP contribution in [0, 0.1) is 5.53 Å². The average molecular weight is 389 g/mol. The van der Waals surface area contributed by atoms with Crippen molar-refractivity contribution in [1.29, 1.82) is 5.53 Å². The van der Waals surface area contributed by atoms with Crippen LogP contribution in [0.15, 0.2) is 5.11 Å². The minimum absolute atomic E-state index is 0.0215. The molecule has 10 heteroatoms. The van der Waals surface area contributed by atoms with Gasteiger partial charge in [0, 0.05) is 30.5 Å². The van der Waals surface area contributed by atoms with Gasteiger partial charge in [-0.3, -0.25) is 9.59 Å². The molecule has 1 rings (SSSR count). The van der Waals surface area contributed by atoms with Crippen molar-refractivity contribution in [1.82, 2.24) is 10.2 Å². The molecular formula is C16H30N4O5P+. The van der Waals surface area contributed by atoms with Gasteiger partial charge in [0.15, 0.2) is 0 Å². The zero-order chi connectivity index (χ0) is 19.2. The molecule has 1 saturated heterocycles. The first-order valence-corrected chi connectivity index (χ1v) is 10.4. The van der Waals surface area contributed by atoms with Crippen molar-refractivity contribution in [2.24, 2.45) is 5.11 Å². The highest BCUT2D eigenvalue weighted by atomic mass is 31.1. The molecule has 0 aromatic heterocycles. The van der Waals surface area contributed by atoms with Crippen LogP contribution in [0.1, 0.15) is 57.8 Å². The number of likely N-dealkylation sites (tertiary alicyclic amines) is 1. The molecule has 1 heterocycles. The molecule has 0 bridgehead atoms. The smallest absolute Gasteiger partial charge is 0.356 e. The van der Waals surface area contributed by atoms with Gasteiger partial charge in [-0.2, -0.15) is 5.11 Å². The number of rotatable bonds is 14. The van der Waals surface area contributed by atoms with Crippen molar-refractivity contribution in [3.05, 3.63) is 0 Å². The standard InChI is InChI=1S/C16H29N4O5P/c17-19-11-5-3-8-15(21)18-10-4-1-2-9-16(22)20-12-6-7-14(20)13-25-26(23)24/h14,17H,1-13H2,(H-,18,21,23,24)/p+1. The first kappa shape index (κ1) is 22.6. The van der Waals surface area contributed by atoms with E-state index in [9.17, 15) is 14.2 Å². The normalized spacial score (nSPS) is 17.2. The molecule has 0 saturated carbocycles. The molecule has 0 aromatic carbocycles. The fraction of sp³-hybridized carbons (Fsp3) is 0.875. The van der Waals surface area contributed by atoms with Crippen LogP contribution in [0.25, 0.3) is 0 Å². The summed E-state index contributed by atoms with van der Waals surface area (Å²) in [4.78, 5) is 34.3. The predicted octanol–water partition coefficient (Wildman–Crippen LogP) is 2.52. The number of amides is 2. The van der Waals surface area contributed by atoms with E-state index in [1.807, 2.05) is 0 Å². The Bertz CT molecular complexity index is 478. The third-order valence-corrected chi connectivity index (χ3v) is 4.76. The van der Waals surface area contributed by atoms with Crippen LogP contribution in [0.5, 0.6) is 0 Å². The first-order valence-electron chi connectivity index (χ1n) is 9.23. The summed E-state index contributed by atoms with van der Waals surface area (Å²) in [6, 6.07) is -0.101. The van der Waals surface area contributed by atoms with Crippen LogP contribution in [0.2, 0.25) is 0 Å². The highest BCUT2D eigenvalue weighted by molar-refractivity contribution is 7.32. The summed E-state index contributed by atoms with van der Waals surface area (Å²) in [5.41, 5.74) is 6.67. The molecule has 148 valence electrons. The van der Waals surface area contributed by atoms with Gasteiger partial charge >= 0.3 is 8.25 Å². The Morgan fingerprint density at radius 1 is 1.23 bits per heavy atom. The Morgan fingerprint density at radius 3 is 2.73 bits per heavy atom. The van der Waals surface area contributed by atoms with Crippen LogP contribution in [0.4, 0.5) is 0 Å². The summed E-state index contributed by atoms with van der Waals surface area (Å²) >= 11 is 0. The number of nitrogens with zero attached hydrogens (tertiary/aromatic N) is 2. The zero-order valence-corrected chi connectivity index (χ0v) is 16.1. The summed E-state index contributed by atoms with van der Waals surface area (Å²) in [5, 5.41) is 6.11. The molecule has 1 aliphatic rings. The van der Waals surface area contributed by atoms with E-state index in [0.717, 1.165) is 44.9 Å². The van der Waals surface area contributed by atoms with Gasteiger partial charge in [0.2, 0.25) is 11.8 Å². The third kappa shape index (κ3) is 9.89. The number of hydrogen-bond donors (Lipinski definition) is 3. The second-order valence-electron chi connectivity index (χ2n) is 6.42. The van der Waals surface area contributed by atoms with E-state index in [1.54, 1.807) is 4.90 Å². The van der Waals surface area contributed by atoms with Crippen LogP contribution in [-0.2, 0) is 18.7 Å². The number of nitrogens with one attached hydrogen (secondary N) is 2. The summed E-state index contributed by atoms with van der Waals surface area (Å²) in [6.07, 6.45) is 6.57. The van der Waals surface area contributed by atoms with Crippen molar-refractivity contribution in [2.75, 3.05) is 26.2 Å². The molecule has 0 spiro atoms. The molecule has 2 unspecified atom stereocenters. The minimum atomic E-state index is -2.62. The van der Waals surface area contributed by atoms with E-state index in [1.165, 1.54) is 0 Å². The third-order valence-electron chi connectivity index (χ3n) is 4.39. The first-order chi connectivity index (χ1) is 12.5. The van der Waals surface area contributed by atoms with Crippen molar-refractivity contribution in [3.63, 3.8) is 0 Å². The molecular weight excluding hydrogens is 359 g/mol. The summed E-state index contributed by atoms with van der Waals surface area (Å²) in [7, 11) is -2.62. The maximum atomic E-state index is 12.3. The number of carbonyl (C=O) groups excluding carboxylic acids is 2. The average Bonchev–Trinajstić information content (AvgIpc) is 3.08. The zero-order valence-electron chi connectivity index (χ0n) is 15.2. The van der Waals surface area contributed by atoms with Gasteiger partial charge < -0.3 is 10.2 Å². The van der Waals surface area contributed by atoms with Crippen LogP contribution >= 0.6 is 8.25 Å². The largest absolute Gasteiger partial charge is 0.694 e. The predicted molar refractivity (Wildman–Crippen MR) is 95.9 cm³/mol. The minimum Gasteiger partial charge on any atom is -0.356 e. The molecule has 26 heavy (non-hydrogen) atoms. The highest BCUT2D eigenvalue weighted by Crippen LogP contribution is 2.23. The summed E-state index contributed by atoms with van der Waals surface area (Å²) < 4.78 is 15.4. The lowest BCUT2D eigenvalue weighted by Gasteiger charge is -2.22. The fourth-order valence-corrected chi connectivity index (χ4v) is 3.30. The van der Waals surface area contributed by atoms with Crippen molar-refractivity contribution in [2.45, 2.75) is 63.8 Å². The lowest BCUT2D eigenvalue weighted by Crippen LogP contribution is -2.37. The van der Waals surface area contributed by atoms with Gasteiger partial charge in [-0.05, 0) is 38.5 Å². The van der Waals surface area contributed by atoms with E-state index < -0.39 is 8.25 Å². The maximum Gasteiger partial charge on any atom is 0.694 e. The Kier molecular flexibility index (Phi) is 11.9. The summed E-state index contributed by atoms with van der Waals surface area (Å²) in [6.45, 7) is 1.88. The van der Waals surface area contributed by atoms with E-state index in [4.69, 9.17) is 14.9 Å². The molecule has 1 aliphatic heterocycles. The molecule has 2 amide bonds. The van der Waals surface area contributed by atoms with Gasteiger partial charge in [0.1, 0.15) is 6.61 Å². The second kappa shape index (κ2) is 13.7. The number of carbonyl (C=O) groups is 2. The van der Waals surface area contributed by atoms with Gasteiger partial charge in [0.05, 0.1) is 12.6 Å². The van der Waals surface area contributed by atoms with Gasteiger partial charge in [-0.1, -0.05) is 6.42 Å². The Hall–Kier alpha value is -1.44. The van der Waals surface area contributed by atoms with Crippen molar-refractivity contribution in [3.8, 4) is 0 Å². The fourth-order valence-electron chi connectivity index (χ4n) is 3.00. The Labute approximate surface area is 155 Å². The van der Waals surface area contributed by atoms with Crippen molar-refractivity contribution < 1.29 is 23.6 Å². The number of hydrogen-bond acceptors (Lipinski definition) is 6. The Balaban J connectivity index is 2.06. The molecule has 3 N–H and O–H groups in total. The van der Waals surface area contributed by atoms with Crippen LogP contribution in [-0.4, -0.2) is 53.9 Å². The molecule has 0 aromatic rings. The van der Waals surface area contributed by atoms with E-state index in [0.29, 0.717) is 32.5 Å². The molecule has 1 fully saturated rings. The van der Waals surface area contributed by atoms with Gasteiger partial charge in [-0.15, -0.1) is 9.42 Å². The quantitative estimate of drug-likeness (QED) is 0.239. The lowest BCUT2D eigenvalue weighted by atomic mass is 10.1. The molecule has 0 aliphatic carbocycles. The number of unbranched alkanes of at least 4 members (excludes halogenated alkanes) is 3. The SMILES string of the molecule is N=NCCCCC(=O)NCCCCCC(=O)N1CCCC1CO[P+](=O)O. The monoisotopic (exact) mass is 389 g/mol. The highest BCUT2D eigenvalue weighted by Gasteiger charge is 2.31. The van der Waals surface area contributed by atoms with E-state index in [-0.39, 0.29) is 24.5 Å². The molecule has 0 radical (unpaired) electrons. The van der Waals surface area contributed by atoms with Gasteiger partial charge in [0.25, 0.3) is 0 Å². The molecule has 9 nitrogen and oxygen atoms in total. The molecule has 2 atom stereocenters. The van der Waals surface area contributed by atoms with Crippen LogP contribution in [0.3, 0.4) is 0 Å². The van der Waals surface area contributed by atoms with Crippen LogP contribution < -0.4 is 5.32 Å².